The molecule has 2 unspecified atom stereocenters. The van der Waals surface area contributed by atoms with Crippen LogP contribution in [0, 0.1) is 0 Å². The molecule has 0 spiro atoms. The monoisotopic (exact) mass is 326 g/mol. The van der Waals surface area contributed by atoms with Gasteiger partial charge in [-0.1, -0.05) is 0 Å². The molecule has 114 valence electrons. The number of carbonyl (C=O) groups is 2. The van der Waals surface area contributed by atoms with E-state index in [4.69, 9.17) is 5.11 Å². The molecule has 5 nitrogen and oxygen atoms in total. The van der Waals surface area contributed by atoms with E-state index in [0.29, 0.717) is 18.7 Å². The zero-order valence-corrected chi connectivity index (χ0v) is 13.2. The Morgan fingerprint density at radius 3 is 3.05 bits per heavy atom. The van der Waals surface area contributed by atoms with Crippen LogP contribution in [0.25, 0.3) is 0 Å². The fraction of sp³-hybridized carbons (Fsp3) is 0.571. The Morgan fingerprint density at radius 2 is 2.33 bits per heavy atom. The molecule has 1 amide bonds. The number of thioether (sulfide) groups is 1. The van der Waals surface area contributed by atoms with Crippen LogP contribution in [0.4, 0.5) is 5.00 Å². The van der Waals surface area contributed by atoms with E-state index in [1.807, 2.05) is 0 Å². The van der Waals surface area contributed by atoms with Crippen molar-refractivity contribution in [3.63, 3.8) is 0 Å². The first-order chi connectivity index (χ1) is 10.1. The molecule has 1 aliphatic carbocycles. The molecule has 7 heteroatoms. The van der Waals surface area contributed by atoms with Gasteiger partial charge in [-0.25, -0.2) is 0 Å². The van der Waals surface area contributed by atoms with Crippen LogP contribution in [-0.2, 0) is 22.4 Å². The van der Waals surface area contributed by atoms with Crippen molar-refractivity contribution in [2.24, 2.45) is 0 Å². The van der Waals surface area contributed by atoms with Gasteiger partial charge >= 0.3 is 5.97 Å². The van der Waals surface area contributed by atoms with Gasteiger partial charge in [0.15, 0.2) is 0 Å². The maximum atomic E-state index is 11.9. The molecule has 1 aliphatic heterocycles. The fourth-order valence-corrected chi connectivity index (χ4v) is 4.95. The normalized spacial score (nSPS) is 24.0. The molecule has 0 bridgehead atoms. The van der Waals surface area contributed by atoms with Gasteiger partial charge in [0.25, 0.3) is 0 Å². The lowest BCUT2D eigenvalue weighted by atomic mass is 10.2. The summed E-state index contributed by atoms with van der Waals surface area (Å²) in [6.07, 6.45) is 4.07. The van der Waals surface area contributed by atoms with Gasteiger partial charge in [-0.2, -0.15) is 0 Å². The Hall–Kier alpha value is -1.05. The number of carboxylic acid groups (broad SMARTS) is 1. The standard InChI is InChI=1S/C14H18N2O3S2/c17-12(7-20-9-5-10(14(18)19)15-6-9)16-13-4-8-2-1-3-11(8)21-13/h4,9-10,15H,1-3,5-7H2,(H,16,17)(H,18,19). The van der Waals surface area contributed by atoms with Crippen LogP contribution in [0.5, 0.6) is 0 Å². The number of rotatable bonds is 5. The predicted molar refractivity (Wildman–Crippen MR) is 85.3 cm³/mol. The third-order valence-electron chi connectivity index (χ3n) is 3.85. The molecule has 1 aromatic heterocycles. The molecule has 1 fully saturated rings. The molecule has 0 aromatic carbocycles. The first kappa shape index (κ1) is 14.9. The predicted octanol–water partition coefficient (Wildman–Crippen LogP) is 1.72. The number of hydrogen-bond donors (Lipinski definition) is 3. The number of aliphatic carboxylic acids is 1. The molecule has 0 radical (unpaired) electrons. The van der Waals surface area contributed by atoms with Crippen LogP contribution in [0.15, 0.2) is 6.07 Å². The Bertz CT molecular complexity index is 537. The summed E-state index contributed by atoms with van der Waals surface area (Å²) in [5.41, 5.74) is 1.38. The van der Waals surface area contributed by atoms with E-state index >= 15 is 0 Å². The van der Waals surface area contributed by atoms with Crippen molar-refractivity contribution in [1.29, 1.82) is 0 Å². The Kier molecular flexibility index (Phi) is 4.51. The van der Waals surface area contributed by atoms with Crippen LogP contribution >= 0.6 is 23.1 Å². The Labute approximate surface area is 131 Å². The summed E-state index contributed by atoms with van der Waals surface area (Å²) < 4.78 is 0. The molecule has 2 atom stereocenters. The first-order valence-electron chi connectivity index (χ1n) is 7.11. The average molecular weight is 326 g/mol. The number of carbonyl (C=O) groups excluding carboxylic acids is 1. The molecule has 2 aliphatic rings. The van der Waals surface area contributed by atoms with Gasteiger partial charge in [0.2, 0.25) is 5.91 Å². The van der Waals surface area contributed by atoms with Gasteiger partial charge in [-0.3, -0.25) is 9.59 Å². The van der Waals surface area contributed by atoms with Gasteiger partial charge < -0.3 is 15.7 Å². The summed E-state index contributed by atoms with van der Waals surface area (Å²) >= 11 is 3.21. The number of carboxylic acids is 1. The number of anilines is 1. The van der Waals surface area contributed by atoms with Crippen molar-refractivity contribution in [3.05, 3.63) is 16.5 Å². The second kappa shape index (κ2) is 6.37. The number of amides is 1. The van der Waals surface area contributed by atoms with Crippen LogP contribution < -0.4 is 10.6 Å². The van der Waals surface area contributed by atoms with Crippen molar-refractivity contribution in [2.45, 2.75) is 37.0 Å². The Balaban J connectivity index is 1.43. The largest absolute Gasteiger partial charge is 0.480 e. The van der Waals surface area contributed by atoms with Crippen LogP contribution in [0.1, 0.15) is 23.3 Å². The summed E-state index contributed by atoms with van der Waals surface area (Å²) in [7, 11) is 0. The number of aryl methyl sites for hydroxylation is 2. The van der Waals surface area contributed by atoms with Crippen molar-refractivity contribution in [1.82, 2.24) is 5.32 Å². The van der Waals surface area contributed by atoms with Gasteiger partial charge in [0.1, 0.15) is 6.04 Å². The highest BCUT2D eigenvalue weighted by atomic mass is 32.2. The summed E-state index contributed by atoms with van der Waals surface area (Å²) in [4.78, 5) is 24.2. The number of fused-ring (bicyclic) bond motifs is 1. The van der Waals surface area contributed by atoms with E-state index in [-0.39, 0.29) is 11.2 Å². The quantitative estimate of drug-likeness (QED) is 0.768. The van der Waals surface area contributed by atoms with Crippen molar-refractivity contribution >= 4 is 40.0 Å². The highest BCUT2D eigenvalue weighted by Crippen LogP contribution is 2.34. The highest BCUT2D eigenvalue weighted by molar-refractivity contribution is 8.00. The zero-order valence-electron chi connectivity index (χ0n) is 11.6. The molecule has 3 N–H and O–H groups in total. The fourth-order valence-electron chi connectivity index (χ4n) is 2.78. The molecule has 21 heavy (non-hydrogen) atoms. The van der Waals surface area contributed by atoms with Gasteiger partial charge in [-0.15, -0.1) is 23.1 Å². The van der Waals surface area contributed by atoms with Gasteiger partial charge in [0, 0.05) is 16.7 Å². The maximum absolute atomic E-state index is 11.9. The van der Waals surface area contributed by atoms with Crippen molar-refractivity contribution < 1.29 is 14.7 Å². The third kappa shape index (κ3) is 3.59. The molecule has 1 aromatic rings. The molecule has 2 heterocycles. The summed E-state index contributed by atoms with van der Waals surface area (Å²) in [6, 6.07) is 1.62. The SMILES string of the molecule is O=C(CSC1CNC(C(=O)O)C1)Nc1cc2c(s1)CCC2. The zero-order chi connectivity index (χ0) is 14.8. The lowest BCUT2D eigenvalue weighted by Crippen LogP contribution is -2.29. The molecule has 0 saturated carbocycles. The Morgan fingerprint density at radius 1 is 1.48 bits per heavy atom. The van der Waals surface area contributed by atoms with E-state index in [1.165, 1.54) is 28.6 Å². The maximum Gasteiger partial charge on any atom is 0.320 e. The highest BCUT2D eigenvalue weighted by Gasteiger charge is 2.29. The number of thiophene rings is 1. The number of nitrogens with one attached hydrogen (secondary N) is 2. The third-order valence-corrected chi connectivity index (χ3v) is 6.26. The topological polar surface area (TPSA) is 78.4 Å². The molecule has 3 rings (SSSR count). The molecular formula is C14H18N2O3S2. The van der Waals surface area contributed by atoms with E-state index < -0.39 is 12.0 Å². The van der Waals surface area contributed by atoms with E-state index in [1.54, 1.807) is 11.3 Å². The smallest absolute Gasteiger partial charge is 0.320 e. The van der Waals surface area contributed by atoms with E-state index in [9.17, 15) is 9.59 Å². The number of hydrogen-bond acceptors (Lipinski definition) is 5. The summed E-state index contributed by atoms with van der Waals surface area (Å²) in [5, 5.41) is 16.0. The van der Waals surface area contributed by atoms with E-state index in [2.05, 4.69) is 16.7 Å². The minimum Gasteiger partial charge on any atom is -0.480 e. The molecule has 1 saturated heterocycles. The minimum atomic E-state index is -0.810. The minimum absolute atomic E-state index is 0.00121. The van der Waals surface area contributed by atoms with E-state index in [0.717, 1.165) is 17.8 Å². The van der Waals surface area contributed by atoms with Gasteiger partial charge in [0.05, 0.1) is 10.8 Å². The van der Waals surface area contributed by atoms with Gasteiger partial charge in [-0.05, 0) is 37.3 Å². The van der Waals surface area contributed by atoms with Crippen LogP contribution in [0.3, 0.4) is 0 Å². The summed E-state index contributed by atoms with van der Waals surface area (Å²) in [6.45, 7) is 0.655. The molecular weight excluding hydrogens is 308 g/mol. The van der Waals surface area contributed by atoms with Crippen molar-refractivity contribution in [2.75, 3.05) is 17.6 Å². The lowest BCUT2D eigenvalue weighted by molar-refractivity contribution is -0.139. The van der Waals surface area contributed by atoms with Crippen LogP contribution in [0.2, 0.25) is 0 Å². The average Bonchev–Trinajstić information content (AvgIpc) is 3.10. The summed E-state index contributed by atoms with van der Waals surface area (Å²) in [5.74, 6) is -0.435. The van der Waals surface area contributed by atoms with Crippen molar-refractivity contribution in [3.8, 4) is 0 Å². The second-order valence-corrected chi connectivity index (χ2v) is 7.85. The first-order valence-corrected chi connectivity index (χ1v) is 8.97. The van der Waals surface area contributed by atoms with Crippen LogP contribution in [-0.4, -0.2) is 40.6 Å². The lowest BCUT2D eigenvalue weighted by Gasteiger charge is -2.08. The second-order valence-electron chi connectivity index (χ2n) is 5.43.